The molecule has 0 unspecified atom stereocenters. The van der Waals surface area contributed by atoms with Crippen molar-refractivity contribution in [1.82, 2.24) is 15.5 Å². The van der Waals surface area contributed by atoms with Crippen molar-refractivity contribution < 1.29 is 4.39 Å². The van der Waals surface area contributed by atoms with Crippen molar-refractivity contribution in [3.63, 3.8) is 0 Å². The van der Waals surface area contributed by atoms with Crippen LogP contribution in [0.1, 0.15) is 23.6 Å². The van der Waals surface area contributed by atoms with E-state index in [1.807, 2.05) is 6.92 Å². The number of benzene rings is 2. The normalized spacial score (nSPS) is 11.2. The van der Waals surface area contributed by atoms with Crippen LogP contribution in [0, 0.1) is 5.82 Å². The largest absolute Gasteiger partial charge is 0.357 e. The van der Waals surface area contributed by atoms with Crippen LogP contribution in [-0.4, -0.2) is 31.5 Å². The van der Waals surface area contributed by atoms with E-state index in [1.54, 1.807) is 12.1 Å². The van der Waals surface area contributed by atoms with E-state index in [0.717, 1.165) is 24.6 Å². The summed E-state index contributed by atoms with van der Waals surface area (Å²) < 4.78 is 13.0. The fourth-order valence-electron chi connectivity index (χ4n) is 2.51. The molecular weight excluding hydrogens is 442 g/mol. The minimum Gasteiger partial charge on any atom is -0.357 e. The van der Waals surface area contributed by atoms with Crippen LogP contribution in [0.15, 0.2) is 53.5 Å². The maximum atomic E-state index is 13.0. The highest BCUT2D eigenvalue weighted by Gasteiger charge is 2.04. The standard InChI is InChI=1S/C20H27FN4.HI/c1-4-22-20(23-13-16-9-11-19(21)12-10-16)24-14-17-7-5-6-8-18(17)15-25(2)3;/h5-12H,4,13-15H2,1-3H3,(H2,22,23,24);1H. The number of nitrogens with zero attached hydrogens (tertiary/aromatic N) is 2. The molecule has 0 aliphatic rings. The lowest BCUT2D eigenvalue weighted by molar-refractivity contribution is 0.400. The third-order valence-electron chi connectivity index (χ3n) is 3.73. The first-order chi connectivity index (χ1) is 12.1. The van der Waals surface area contributed by atoms with E-state index in [9.17, 15) is 4.39 Å². The van der Waals surface area contributed by atoms with Crippen LogP contribution in [-0.2, 0) is 19.6 Å². The Labute approximate surface area is 172 Å². The molecule has 26 heavy (non-hydrogen) atoms. The van der Waals surface area contributed by atoms with Gasteiger partial charge >= 0.3 is 0 Å². The maximum absolute atomic E-state index is 13.0. The van der Waals surface area contributed by atoms with Crippen LogP contribution in [0.25, 0.3) is 0 Å². The zero-order chi connectivity index (χ0) is 18.1. The van der Waals surface area contributed by atoms with Gasteiger partial charge in [-0.3, -0.25) is 0 Å². The fraction of sp³-hybridized carbons (Fsp3) is 0.350. The number of hydrogen-bond donors (Lipinski definition) is 2. The second-order valence-corrected chi connectivity index (χ2v) is 6.18. The predicted octanol–water partition coefficient (Wildman–Crippen LogP) is 3.76. The predicted molar refractivity (Wildman–Crippen MR) is 117 cm³/mol. The van der Waals surface area contributed by atoms with Crippen LogP contribution in [0.5, 0.6) is 0 Å². The van der Waals surface area contributed by atoms with Crippen molar-refractivity contribution in [2.45, 2.75) is 26.6 Å². The molecule has 0 amide bonds. The average Bonchev–Trinajstić information content (AvgIpc) is 2.59. The molecular formula is C20H28FIN4. The summed E-state index contributed by atoms with van der Waals surface area (Å²) in [5.41, 5.74) is 3.53. The van der Waals surface area contributed by atoms with Crippen molar-refractivity contribution in [3.8, 4) is 0 Å². The van der Waals surface area contributed by atoms with Gasteiger partial charge < -0.3 is 15.5 Å². The van der Waals surface area contributed by atoms with Crippen LogP contribution in [0.3, 0.4) is 0 Å². The van der Waals surface area contributed by atoms with E-state index in [-0.39, 0.29) is 29.8 Å². The zero-order valence-electron chi connectivity index (χ0n) is 15.6. The van der Waals surface area contributed by atoms with E-state index in [0.29, 0.717) is 13.1 Å². The lowest BCUT2D eigenvalue weighted by atomic mass is 10.1. The smallest absolute Gasteiger partial charge is 0.191 e. The molecule has 0 bridgehead atoms. The zero-order valence-corrected chi connectivity index (χ0v) is 18.0. The second-order valence-electron chi connectivity index (χ2n) is 6.18. The number of hydrogen-bond acceptors (Lipinski definition) is 2. The summed E-state index contributed by atoms with van der Waals surface area (Å²) in [6.07, 6.45) is 0. The lowest BCUT2D eigenvalue weighted by Gasteiger charge is -2.16. The molecule has 0 radical (unpaired) electrons. The van der Waals surface area contributed by atoms with Crippen molar-refractivity contribution in [1.29, 1.82) is 0 Å². The van der Waals surface area contributed by atoms with Crippen molar-refractivity contribution >= 4 is 29.9 Å². The van der Waals surface area contributed by atoms with Crippen LogP contribution in [0.4, 0.5) is 4.39 Å². The summed E-state index contributed by atoms with van der Waals surface area (Å²) in [4.78, 5) is 6.74. The molecule has 0 spiro atoms. The molecule has 0 heterocycles. The number of halogens is 2. The lowest BCUT2D eigenvalue weighted by Crippen LogP contribution is -2.37. The summed E-state index contributed by atoms with van der Waals surface area (Å²) in [6, 6.07) is 14.8. The molecule has 0 atom stereocenters. The van der Waals surface area contributed by atoms with Gasteiger partial charge in [0.15, 0.2) is 5.96 Å². The van der Waals surface area contributed by atoms with Gasteiger partial charge in [0, 0.05) is 19.6 Å². The minimum absolute atomic E-state index is 0. The molecule has 4 nitrogen and oxygen atoms in total. The van der Waals surface area contributed by atoms with Crippen LogP contribution in [0.2, 0.25) is 0 Å². The van der Waals surface area contributed by atoms with Gasteiger partial charge in [-0.1, -0.05) is 36.4 Å². The Hall–Kier alpha value is -1.67. The molecule has 2 aromatic rings. The molecule has 2 aromatic carbocycles. The number of rotatable bonds is 7. The van der Waals surface area contributed by atoms with Crippen molar-refractivity contribution in [2.75, 3.05) is 20.6 Å². The maximum Gasteiger partial charge on any atom is 0.191 e. The van der Waals surface area contributed by atoms with Gasteiger partial charge in [-0.05, 0) is 49.8 Å². The topological polar surface area (TPSA) is 39.7 Å². The second kappa shape index (κ2) is 11.9. The molecule has 0 fully saturated rings. The summed E-state index contributed by atoms with van der Waals surface area (Å²) in [7, 11) is 4.14. The van der Waals surface area contributed by atoms with Crippen LogP contribution >= 0.6 is 24.0 Å². The first-order valence-corrected chi connectivity index (χ1v) is 8.56. The molecule has 6 heteroatoms. The quantitative estimate of drug-likeness (QED) is 0.368. The van der Waals surface area contributed by atoms with Gasteiger partial charge in [0.25, 0.3) is 0 Å². The van der Waals surface area contributed by atoms with Gasteiger partial charge in [0.1, 0.15) is 5.82 Å². The third kappa shape index (κ3) is 7.70. The molecule has 2 N–H and O–H groups in total. The molecule has 142 valence electrons. The molecule has 0 aliphatic carbocycles. The molecule has 0 saturated heterocycles. The highest BCUT2D eigenvalue weighted by atomic mass is 127. The van der Waals surface area contributed by atoms with E-state index < -0.39 is 0 Å². The summed E-state index contributed by atoms with van der Waals surface area (Å²) in [5, 5.41) is 6.63. The molecule has 0 aliphatic heterocycles. The Bertz CT molecular complexity index is 686. The van der Waals surface area contributed by atoms with Gasteiger partial charge in [-0.25, -0.2) is 9.38 Å². The Balaban J connectivity index is 0.00000338. The summed E-state index contributed by atoms with van der Waals surface area (Å²) >= 11 is 0. The Morgan fingerprint density at radius 2 is 1.65 bits per heavy atom. The number of nitrogens with one attached hydrogen (secondary N) is 2. The molecule has 0 aromatic heterocycles. The summed E-state index contributed by atoms with van der Waals surface area (Å²) in [5.74, 6) is 0.529. The fourth-order valence-corrected chi connectivity index (χ4v) is 2.51. The van der Waals surface area contributed by atoms with Crippen molar-refractivity contribution in [2.24, 2.45) is 4.99 Å². The molecule has 2 rings (SSSR count). The molecule has 0 saturated carbocycles. The third-order valence-corrected chi connectivity index (χ3v) is 3.73. The average molecular weight is 470 g/mol. The Morgan fingerprint density at radius 3 is 2.27 bits per heavy atom. The van der Waals surface area contributed by atoms with Gasteiger partial charge in [0.05, 0.1) is 6.54 Å². The minimum atomic E-state index is -0.227. The Morgan fingerprint density at radius 1 is 1.00 bits per heavy atom. The van der Waals surface area contributed by atoms with E-state index in [1.165, 1.54) is 23.3 Å². The first-order valence-electron chi connectivity index (χ1n) is 8.56. The monoisotopic (exact) mass is 470 g/mol. The summed E-state index contributed by atoms with van der Waals surface area (Å²) in [6.45, 7) is 4.94. The highest BCUT2D eigenvalue weighted by Crippen LogP contribution is 2.10. The van der Waals surface area contributed by atoms with Gasteiger partial charge in [-0.2, -0.15) is 0 Å². The van der Waals surface area contributed by atoms with Gasteiger partial charge in [0.2, 0.25) is 0 Å². The number of guanidine groups is 1. The Kier molecular flexibility index (Phi) is 10.2. The SMILES string of the molecule is CCNC(=NCc1ccc(F)cc1)NCc1ccccc1CN(C)C.I. The first kappa shape index (κ1) is 22.4. The van der Waals surface area contributed by atoms with E-state index in [2.05, 4.69) is 58.9 Å². The van der Waals surface area contributed by atoms with E-state index >= 15 is 0 Å². The van der Waals surface area contributed by atoms with Crippen molar-refractivity contribution in [3.05, 3.63) is 71.0 Å². The van der Waals surface area contributed by atoms with Crippen LogP contribution < -0.4 is 10.6 Å². The highest BCUT2D eigenvalue weighted by molar-refractivity contribution is 14.0. The number of aliphatic imine (C=N–C) groups is 1. The van der Waals surface area contributed by atoms with Gasteiger partial charge in [-0.15, -0.1) is 24.0 Å². The van der Waals surface area contributed by atoms with E-state index in [4.69, 9.17) is 0 Å².